The Labute approximate surface area is 179 Å². The molecule has 0 atom stereocenters. The van der Waals surface area contributed by atoms with E-state index in [-0.39, 0.29) is 29.4 Å². The van der Waals surface area contributed by atoms with Gasteiger partial charge in [-0.1, -0.05) is 32.9 Å². The van der Waals surface area contributed by atoms with Gasteiger partial charge in [0.25, 0.3) is 0 Å². The van der Waals surface area contributed by atoms with Crippen LogP contribution in [0.1, 0.15) is 32.0 Å². The van der Waals surface area contributed by atoms with E-state index >= 15 is 0 Å². The Balaban J connectivity index is 0.00000261. The highest BCUT2D eigenvalue weighted by Gasteiger charge is 2.21. The lowest BCUT2D eigenvalue weighted by Crippen LogP contribution is -3.00. The minimum Gasteiger partial charge on any atom is -1.00 e. The van der Waals surface area contributed by atoms with E-state index in [1.54, 1.807) is 14.2 Å². The number of methoxy groups -OCH3 is 2. The first-order chi connectivity index (χ1) is 12.3. The molecule has 0 spiro atoms. The van der Waals surface area contributed by atoms with Crippen molar-refractivity contribution in [3.63, 3.8) is 0 Å². The fraction of sp³-hybridized carbons (Fsp3) is 0.348. The molecule has 27 heavy (non-hydrogen) atoms. The van der Waals surface area contributed by atoms with E-state index in [1.165, 1.54) is 27.9 Å². The number of aryl methyl sites for hydroxylation is 1. The van der Waals surface area contributed by atoms with E-state index < -0.39 is 0 Å². The van der Waals surface area contributed by atoms with Crippen molar-refractivity contribution in [2.45, 2.75) is 33.1 Å². The molecule has 2 aromatic carbocycles. The third-order valence-electron chi connectivity index (χ3n) is 5.13. The first-order valence-corrected chi connectivity index (χ1v) is 8.92. The van der Waals surface area contributed by atoms with Gasteiger partial charge in [-0.25, -0.2) is 0 Å². The summed E-state index contributed by atoms with van der Waals surface area (Å²) < 4.78 is 13.2. The third kappa shape index (κ3) is 4.05. The Morgan fingerprint density at radius 3 is 2.11 bits per heavy atom. The molecule has 3 aromatic rings. The van der Waals surface area contributed by atoms with Crippen molar-refractivity contribution in [2.24, 2.45) is 7.05 Å². The molecule has 0 amide bonds. The van der Waals surface area contributed by atoms with Gasteiger partial charge in [-0.05, 0) is 40.6 Å². The molecule has 0 aliphatic rings. The van der Waals surface area contributed by atoms with Gasteiger partial charge < -0.3 is 33.5 Å². The van der Waals surface area contributed by atoms with Crippen LogP contribution < -0.4 is 38.0 Å². The van der Waals surface area contributed by atoms with E-state index in [0.717, 1.165) is 16.9 Å². The second-order valence-electron chi connectivity index (χ2n) is 7.80. The van der Waals surface area contributed by atoms with E-state index in [0.29, 0.717) is 0 Å². The number of ether oxygens (including phenoxy) is 2. The summed E-state index contributed by atoms with van der Waals surface area (Å²) in [6, 6.07) is 15.1. The van der Waals surface area contributed by atoms with Crippen LogP contribution in [0.4, 0.5) is 0 Å². The molecule has 1 heterocycles. The maximum atomic E-state index is 5.49. The van der Waals surface area contributed by atoms with Crippen LogP contribution in [-0.2, 0) is 12.5 Å². The zero-order valence-electron chi connectivity index (χ0n) is 17.2. The fourth-order valence-electron chi connectivity index (χ4n) is 3.35. The number of nitrogens with zero attached hydrogens (tertiary/aromatic N) is 1. The maximum Gasteiger partial charge on any atom is 0.213 e. The van der Waals surface area contributed by atoms with Crippen molar-refractivity contribution in [3.05, 3.63) is 53.7 Å². The molecular weight excluding hydrogens is 449 g/mol. The molecule has 0 aliphatic heterocycles. The lowest BCUT2D eigenvalue weighted by Gasteiger charge is -2.19. The van der Waals surface area contributed by atoms with Crippen LogP contribution in [0, 0.1) is 6.92 Å². The average molecular weight is 477 g/mol. The van der Waals surface area contributed by atoms with Crippen molar-refractivity contribution >= 4 is 10.8 Å². The Bertz CT molecular complexity index is 974. The lowest BCUT2D eigenvalue weighted by molar-refractivity contribution is -0.665. The number of aromatic nitrogens is 1. The van der Waals surface area contributed by atoms with Gasteiger partial charge in [0.1, 0.15) is 7.05 Å². The van der Waals surface area contributed by atoms with E-state index in [1.807, 2.05) is 0 Å². The zero-order chi connectivity index (χ0) is 19.1. The predicted molar refractivity (Wildman–Crippen MR) is 107 cm³/mol. The second kappa shape index (κ2) is 8.05. The van der Waals surface area contributed by atoms with Gasteiger partial charge in [0.2, 0.25) is 5.69 Å². The molecule has 0 N–H and O–H groups in total. The molecule has 0 saturated heterocycles. The number of benzene rings is 2. The molecule has 0 radical (unpaired) electrons. The molecule has 144 valence electrons. The van der Waals surface area contributed by atoms with Crippen LogP contribution in [0.2, 0.25) is 0 Å². The SMILES string of the molecule is COc1cc2cc(-c3cccc(C(C)(C)C)c3)[n+](C)c(C)c2cc1OC.[I-]. The first kappa shape index (κ1) is 21.5. The molecule has 0 unspecified atom stereocenters. The molecule has 0 aliphatic carbocycles. The number of hydrogen-bond acceptors (Lipinski definition) is 2. The van der Waals surface area contributed by atoms with Crippen LogP contribution in [-0.4, -0.2) is 14.2 Å². The van der Waals surface area contributed by atoms with Crippen LogP contribution >= 0.6 is 0 Å². The van der Waals surface area contributed by atoms with Gasteiger partial charge >= 0.3 is 0 Å². The normalized spacial score (nSPS) is 11.2. The predicted octanol–water partition coefficient (Wildman–Crippen LogP) is 1.96. The van der Waals surface area contributed by atoms with Crippen molar-refractivity contribution in [2.75, 3.05) is 14.2 Å². The smallest absolute Gasteiger partial charge is 0.213 e. The Kier molecular flexibility index (Phi) is 6.40. The number of halogens is 1. The highest BCUT2D eigenvalue weighted by molar-refractivity contribution is 5.89. The molecular formula is C23H28INO2. The Morgan fingerprint density at radius 2 is 1.52 bits per heavy atom. The standard InChI is InChI=1S/C23H28NO2.HI/c1-15-19-14-22(26-7)21(25-6)13-17(19)12-20(24(15)5)16-9-8-10-18(11-16)23(2,3)4;/h8-14H,1-7H3;1H/q+1;/p-1. The van der Waals surface area contributed by atoms with Gasteiger partial charge in [0.15, 0.2) is 17.2 Å². The monoisotopic (exact) mass is 477 g/mol. The number of hydrogen-bond donors (Lipinski definition) is 0. The molecule has 0 saturated carbocycles. The Morgan fingerprint density at radius 1 is 0.889 bits per heavy atom. The Hall–Kier alpha value is -1.82. The van der Waals surface area contributed by atoms with Crippen molar-refractivity contribution in [3.8, 4) is 22.8 Å². The summed E-state index contributed by atoms with van der Waals surface area (Å²) in [6.07, 6.45) is 0. The third-order valence-corrected chi connectivity index (χ3v) is 5.13. The summed E-state index contributed by atoms with van der Waals surface area (Å²) in [5.41, 5.74) is 5.06. The molecule has 3 nitrogen and oxygen atoms in total. The van der Waals surface area contributed by atoms with Crippen LogP contribution in [0.25, 0.3) is 22.0 Å². The summed E-state index contributed by atoms with van der Waals surface area (Å²) in [5.74, 6) is 1.51. The fourth-order valence-corrected chi connectivity index (χ4v) is 3.35. The summed E-state index contributed by atoms with van der Waals surface area (Å²) in [6.45, 7) is 8.88. The molecule has 0 fully saturated rings. The van der Waals surface area contributed by atoms with E-state index in [9.17, 15) is 0 Å². The lowest BCUT2D eigenvalue weighted by atomic mass is 9.86. The molecule has 4 heteroatoms. The second-order valence-corrected chi connectivity index (χ2v) is 7.80. The van der Waals surface area contributed by atoms with Crippen LogP contribution in [0.15, 0.2) is 42.5 Å². The van der Waals surface area contributed by atoms with Crippen molar-refractivity contribution < 1.29 is 38.0 Å². The summed E-state index contributed by atoms with van der Waals surface area (Å²) in [4.78, 5) is 0. The van der Waals surface area contributed by atoms with Gasteiger partial charge in [-0.3, -0.25) is 0 Å². The number of rotatable bonds is 3. The number of pyridine rings is 1. The molecule has 0 bridgehead atoms. The van der Waals surface area contributed by atoms with Crippen molar-refractivity contribution in [1.82, 2.24) is 0 Å². The van der Waals surface area contributed by atoms with Crippen LogP contribution in [0.5, 0.6) is 11.5 Å². The van der Waals surface area contributed by atoms with Gasteiger partial charge in [-0.2, -0.15) is 4.57 Å². The summed E-state index contributed by atoms with van der Waals surface area (Å²) >= 11 is 0. The zero-order valence-corrected chi connectivity index (χ0v) is 19.3. The molecule has 3 rings (SSSR count). The van der Waals surface area contributed by atoms with E-state index in [4.69, 9.17) is 9.47 Å². The van der Waals surface area contributed by atoms with Gasteiger partial charge in [0.05, 0.1) is 19.6 Å². The van der Waals surface area contributed by atoms with E-state index in [2.05, 4.69) is 81.8 Å². The summed E-state index contributed by atoms with van der Waals surface area (Å²) in [7, 11) is 5.46. The minimum atomic E-state index is 0. The minimum absolute atomic E-state index is 0. The first-order valence-electron chi connectivity index (χ1n) is 8.92. The topological polar surface area (TPSA) is 22.3 Å². The quantitative estimate of drug-likeness (QED) is 0.425. The highest BCUT2D eigenvalue weighted by Crippen LogP contribution is 2.34. The molecule has 1 aromatic heterocycles. The van der Waals surface area contributed by atoms with Gasteiger partial charge in [-0.15, -0.1) is 0 Å². The average Bonchev–Trinajstić information content (AvgIpc) is 2.63. The highest BCUT2D eigenvalue weighted by atomic mass is 127. The largest absolute Gasteiger partial charge is 1.00 e. The summed E-state index contributed by atoms with van der Waals surface area (Å²) in [5, 5.41) is 2.32. The van der Waals surface area contributed by atoms with Crippen molar-refractivity contribution in [1.29, 1.82) is 0 Å². The van der Waals surface area contributed by atoms with Gasteiger partial charge in [0, 0.05) is 18.6 Å². The van der Waals surface area contributed by atoms with Crippen LogP contribution in [0.3, 0.4) is 0 Å². The number of fused-ring (bicyclic) bond motifs is 1. The maximum absolute atomic E-state index is 5.49.